The molecule has 2 rings (SSSR count). The number of aryl methyl sites for hydroxylation is 1. The molecule has 0 atom stereocenters. The quantitative estimate of drug-likeness (QED) is 0.777. The van der Waals surface area contributed by atoms with E-state index >= 15 is 0 Å². The van der Waals surface area contributed by atoms with E-state index in [1.54, 1.807) is 4.90 Å². The number of hydrogen-bond acceptors (Lipinski definition) is 4. The molecule has 0 bridgehead atoms. The second kappa shape index (κ2) is 5.23. The van der Waals surface area contributed by atoms with Crippen LogP contribution in [-0.2, 0) is 4.79 Å². The third-order valence-corrected chi connectivity index (χ3v) is 2.65. The molecule has 1 amide bonds. The van der Waals surface area contributed by atoms with Crippen molar-refractivity contribution in [1.82, 2.24) is 15.3 Å². The summed E-state index contributed by atoms with van der Waals surface area (Å²) in [5, 5.41) is 3.03. The van der Waals surface area contributed by atoms with Gasteiger partial charge in [-0.1, -0.05) is 0 Å². The van der Waals surface area contributed by atoms with E-state index in [0.717, 1.165) is 23.6 Å². The normalized spacial score (nSPS) is 15.9. The summed E-state index contributed by atoms with van der Waals surface area (Å²) in [6.45, 7) is 5.75. The van der Waals surface area contributed by atoms with E-state index in [0.29, 0.717) is 13.1 Å². The van der Waals surface area contributed by atoms with Crippen molar-refractivity contribution in [3.63, 3.8) is 0 Å². The molecule has 0 saturated carbocycles. The zero-order valence-corrected chi connectivity index (χ0v) is 10.2. The van der Waals surface area contributed by atoms with E-state index in [1.807, 2.05) is 13.8 Å². The number of carbonyl (C=O) groups excluding carboxylic acids is 1. The first kappa shape index (κ1) is 12.9. The number of rotatable bonds is 1. The van der Waals surface area contributed by atoms with E-state index in [2.05, 4.69) is 15.3 Å². The fourth-order valence-electron chi connectivity index (χ4n) is 1.63. The fraction of sp³-hybridized carbons (Fsp3) is 0.500. The summed E-state index contributed by atoms with van der Waals surface area (Å²) >= 11 is 0. The van der Waals surface area contributed by atoms with E-state index < -0.39 is 0 Å². The number of halogens is 1. The van der Waals surface area contributed by atoms with Crippen LogP contribution in [0.15, 0.2) is 6.33 Å². The number of carbonyl (C=O) groups is 1. The van der Waals surface area contributed by atoms with Crippen LogP contribution in [0.4, 0.5) is 5.82 Å². The minimum absolute atomic E-state index is 0. The van der Waals surface area contributed by atoms with Crippen LogP contribution in [0.1, 0.15) is 11.3 Å². The van der Waals surface area contributed by atoms with Crippen molar-refractivity contribution in [3.8, 4) is 0 Å². The Morgan fingerprint density at radius 1 is 1.38 bits per heavy atom. The largest absolute Gasteiger partial charge is 0.307 e. The number of aromatic nitrogens is 2. The van der Waals surface area contributed by atoms with Crippen LogP contribution in [0.2, 0.25) is 0 Å². The second-order valence-corrected chi connectivity index (χ2v) is 3.63. The minimum Gasteiger partial charge on any atom is -0.307 e. The average molecular weight is 243 g/mol. The third-order valence-electron chi connectivity index (χ3n) is 2.65. The van der Waals surface area contributed by atoms with Gasteiger partial charge >= 0.3 is 0 Å². The standard InChI is InChI=1S/C10H14N4O.ClH/c1-7-8(2)12-6-13-10(7)14-4-3-11-5-9(14)15;/h6,11H,3-5H2,1-2H3;1H. The first-order chi connectivity index (χ1) is 7.20. The van der Waals surface area contributed by atoms with Crippen LogP contribution < -0.4 is 10.2 Å². The number of nitrogens with one attached hydrogen (secondary N) is 1. The van der Waals surface area contributed by atoms with E-state index in [4.69, 9.17) is 0 Å². The summed E-state index contributed by atoms with van der Waals surface area (Å²) in [6.07, 6.45) is 1.51. The molecule has 88 valence electrons. The lowest BCUT2D eigenvalue weighted by Crippen LogP contribution is -2.48. The highest BCUT2D eigenvalue weighted by Gasteiger charge is 2.22. The molecular formula is C10H15ClN4O. The Kier molecular flexibility index (Phi) is 4.20. The first-order valence-electron chi connectivity index (χ1n) is 4.99. The Balaban J connectivity index is 0.00000128. The maximum absolute atomic E-state index is 11.7. The Labute approximate surface area is 101 Å². The van der Waals surface area contributed by atoms with Crippen LogP contribution >= 0.6 is 12.4 Å². The molecule has 1 saturated heterocycles. The maximum Gasteiger partial charge on any atom is 0.242 e. The molecule has 1 N–H and O–H groups in total. The van der Waals surface area contributed by atoms with Gasteiger partial charge in [-0.05, 0) is 13.8 Å². The number of amides is 1. The van der Waals surface area contributed by atoms with Crippen LogP contribution in [-0.4, -0.2) is 35.5 Å². The van der Waals surface area contributed by atoms with Gasteiger partial charge in [-0.2, -0.15) is 0 Å². The van der Waals surface area contributed by atoms with Gasteiger partial charge in [0.05, 0.1) is 6.54 Å². The molecule has 0 aromatic carbocycles. The van der Waals surface area contributed by atoms with E-state index in [1.165, 1.54) is 6.33 Å². The van der Waals surface area contributed by atoms with Gasteiger partial charge in [-0.25, -0.2) is 9.97 Å². The van der Waals surface area contributed by atoms with Crippen LogP contribution in [0.25, 0.3) is 0 Å². The van der Waals surface area contributed by atoms with Gasteiger partial charge in [0, 0.05) is 24.3 Å². The maximum atomic E-state index is 11.7. The predicted octanol–water partition coefficient (Wildman–Crippen LogP) is 0.451. The summed E-state index contributed by atoms with van der Waals surface area (Å²) in [5.41, 5.74) is 1.90. The molecule has 1 aromatic heterocycles. The third kappa shape index (κ3) is 2.31. The molecule has 1 aliphatic heterocycles. The zero-order valence-electron chi connectivity index (χ0n) is 9.36. The number of piperazine rings is 1. The van der Waals surface area contributed by atoms with Gasteiger partial charge in [0.2, 0.25) is 5.91 Å². The van der Waals surface area contributed by atoms with Crippen LogP contribution in [0, 0.1) is 13.8 Å². The lowest BCUT2D eigenvalue weighted by atomic mass is 10.2. The molecule has 1 fully saturated rings. The van der Waals surface area contributed by atoms with Gasteiger partial charge in [0.15, 0.2) is 0 Å². The number of hydrogen-bond donors (Lipinski definition) is 1. The molecule has 1 aliphatic rings. The average Bonchev–Trinajstić information content (AvgIpc) is 2.23. The smallest absolute Gasteiger partial charge is 0.242 e. The van der Waals surface area contributed by atoms with Crippen molar-refractivity contribution in [1.29, 1.82) is 0 Å². The molecule has 2 heterocycles. The topological polar surface area (TPSA) is 58.1 Å². The molecule has 0 spiro atoms. The molecule has 0 unspecified atom stereocenters. The van der Waals surface area contributed by atoms with Gasteiger partial charge < -0.3 is 5.32 Å². The van der Waals surface area contributed by atoms with E-state index in [9.17, 15) is 4.79 Å². The highest BCUT2D eigenvalue weighted by molar-refractivity contribution is 5.95. The fourth-order valence-corrected chi connectivity index (χ4v) is 1.63. The Morgan fingerprint density at radius 2 is 2.12 bits per heavy atom. The Morgan fingerprint density at radius 3 is 2.81 bits per heavy atom. The van der Waals surface area contributed by atoms with Crippen molar-refractivity contribution in [3.05, 3.63) is 17.6 Å². The summed E-state index contributed by atoms with van der Waals surface area (Å²) in [7, 11) is 0. The van der Waals surface area contributed by atoms with Gasteiger partial charge in [0.25, 0.3) is 0 Å². The summed E-state index contributed by atoms with van der Waals surface area (Å²) in [6, 6.07) is 0. The molecule has 0 radical (unpaired) electrons. The molecule has 1 aromatic rings. The SMILES string of the molecule is Cc1ncnc(N2CCNCC2=O)c1C.Cl. The van der Waals surface area contributed by atoms with Crippen LogP contribution in [0.3, 0.4) is 0 Å². The van der Waals surface area contributed by atoms with Gasteiger partial charge in [0.1, 0.15) is 12.1 Å². The second-order valence-electron chi connectivity index (χ2n) is 3.63. The van der Waals surface area contributed by atoms with Crippen molar-refractivity contribution in [2.24, 2.45) is 0 Å². The van der Waals surface area contributed by atoms with Crippen molar-refractivity contribution >= 4 is 24.1 Å². The first-order valence-corrected chi connectivity index (χ1v) is 4.99. The molecule has 5 nitrogen and oxygen atoms in total. The predicted molar refractivity (Wildman–Crippen MR) is 64.0 cm³/mol. The number of anilines is 1. The Bertz CT molecular complexity index is 396. The minimum atomic E-state index is 0. The van der Waals surface area contributed by atoms with Crippen molar-refractivity contribution in [2.75, 3.05) is 24.5 Å². The lowest BCUT2D eigenvalue weighted by Gasteiger charge is -2.27. The monoisotopic (exact) mass is 242 g/mol. The lowest BCUT2D eigenvalue weighted by molar-refractivity contribution is -0.118. The Hall–Kier alpha value is -1.20. The highest BCUT2D eigenvalue weighted by Crippen LogP contribution is 2.18. The molecule has 0 aliphatic carbocycles. The molecule has 6 heteroatoms. The molecular weight excluding hydrogens is 228 g/mol. The summed E-state index contributed by atoms with van der Waals surface area (Å²) < 4.78 is 0. The molecule has 16 heavy (non-hydrogen) atoms. The summed E-state index contributed by atoms with van der Waals surface area (Å²) in [5.74, 6) is 0.816. The highest BCUT2D eigenvalue weighted by atomic mass is 35.5. The number of nitrogens with zero attached hydrogens (tertiary/aromatic N) is 3. The van der Waals surface area contributed by atoms with Crippen molar-refractivity contribution in [2.45, 2.75) is 13.8 Å². The van der Waals surface area contributed by atoms with Crippen molar-refractivity contribution < 1.29 is 4.79 Å². The van der Waals surface area contributed by atoms with Crippen LogP contribution in [0.5, 0.6) is 0 Å². The van der Waals surface area contributed by atoms with Gasteiger partial charge in [-0.15, -0.1) is 12.4 Å². The summed E-state index contributed by atoms with van der Waals surface area (Å²) in [4.78, 5) is 21.7. The van der Waals surface area contributed by atoms with E-state index in [-0.39, 0.29) is 18.3 Å². The van der Waals surface area contributed by atoms with Gasteiger partial charge in [-0.3, -0.25) is 9.69 Å². The zero-order chi connectivity index (χ0) is 10.8.